The number of aliphatic hydroxyl groups is 1. The monoisotopic (exact) mass is 343 g/mol. The first-order valence-corrected chi connectivity index (χ1v) is 8.99. The molecular formula is C18H24ClF2NO. The second-order valence-electron chi connectivity index (χ2n) is 6.85. The summed E-state index contributed by atoms with van der Waals surface area (Å²) in [6.07, 6.45) is 2.01. The molecule has 23 heavy (non-hydrogen) atoms. The zero-order valence-electron chi connectivity index (χ0n) is 13.2. The molecule has 1 N–H and O–H groups in total. The van der Waals surface area contributed by atoms with Crippen LogP contribution in [0.5, 0.6) is 0 Å². The van der Waals surface area contributed by atoms with Crippen molar-refractivity contribution in [1.82, 2.24) is 4.90 Å². The van der Waals surface area contributed by atoms with Gasteiger partial charge in [-0.25, -0.2) is 8.78 Å². The highest BCUT2D eigenvalue weighted by atomic mass is 35.5. The summed E-state index contributed by atoms with van der Waals surface area (Å²) in [6, 6.07) is 10.00. The van der Waals surface area contributed by atoms with E-state index in [2.05, 4.69) is 4.90 Å². The summed E-state index contributed by atoms with van der Waals surface area (Å²) in [5.41, 5.74) is 1.08. The highest BCUT2D eigenvalue weighted by Gasteiger charge is 2.45. The standard InChI is InChI=1S/C18H24ClF2NO/c19-12-16(13-4-2-1-3-5-13)22-15(6-7-17(22)23)14-8-10-18(20,21)11-9-14/h1-5,14-17,23H,6-12H2/t15-,16-,17?/m0/s1. The van der Waals surface area contributed by atoms with Crippen molar-refractivity contribution in [3.8, 4) is 0 Å². The molecule has 2 aliphatic rings. The number of hydrogen-bond acceptors (Lipinski definition) is 2. The van der Waals surface area contributed by atoms with E-state index in [0.717, 1.165) is 12.0 Å². The molecule has 0 aromatic heterocycles. The molecule has 1 saturated heterocycles. The van der Waals surface area contributed by atoms with E-state index in [-0.39, 0.29) is 30.8 Å². The zero-order valence-corrected chi connectivity index (χ0v) is 13.9. The van der Waals surface area contributed by atoms with Crippen LogP contribution in [0.15, 0.2) is 30.3 Å². The van der Waals surface area contributed by atoms with Crippen LogP contribution in [0, 0.1) is 5.92 Å². The molecule has 0 amide bonds. The number of aliphatic hydroxyl groups excluding tert-OH is 1. The Hall–Kier alpha value is -0.710. The minimum Gasteiger partial charge on any atom is -0.378 e. The van der Waals surface area contributed by atoms with E-state index < -0.39 is 12.2 Å². The summed E-state index contributed by atoms with van der Waals surface area (Å²) >= 11 is 6.22. The van der Waals surface area contributed by atoms with Crippen LogP contribution in [0.3, 0.4) is 0 Å². The summed E-state index contributed by atoms with van der Waals surface area (Å²) in [5.74, 6) is -1.90. The van der Waals surface area contributed by atoms with Crippen LogP contribution in [0.1, 0.15) is 50.1 Å². The van der Waals surface area contributed by atoms with Crippen LogP contribution in [0.25, 0.3) is 0 Å². The minimum atomic E-state index is -2.51. The summed E-state index contributed by atoms with van der Waals surface area (Å²) in [6.45, 7) is 0. The molecular weight excluding hydrogens is 320 g/mol. The first-order chi connectivity index (χ1) is 11.0. The van der Waals surface area contributed by atoms with Gasteiger partial charge in [0.2, 0.25) is 5.92 Å². The van der Waals surface area contributed by atoms with Gasteiger partial charge >= 0.3 is 0 Å². The molecule has 1 aromatic carbocycles. The van der Waals surface area contributed by atoms with Crippen molar-refractivity contribution in [3.63, 3.8) is 0 Å². The molecule has 1 aromatic rings. The van der Waals surface area contributed by atoms with Crippen molar-refractivity contribution >= 4 is 11.6 Å². The molecule has 3 atom stereocenters. The quantitative estimate of drug-likeness (QED) is 0.809. The normalized spacial score (nSPS) is 30.4. The summed E-state index contributed by atoms with van der Waals surface area (Å²) in [4.78, 5) is 2.08. The molecule has 128 valence electrons. The second kappa shape index (κ2) is 7.04. The smallest absolute Gasteiger partial charge is 0.248 e. The molecule has 3 rings (SSSR count). The van der Waals surface area contributed by atoms with Crippen molar-refractivity contribution in [2.45, 2.75) is 62.8 Å². The van der Waals surface area contributed by atoms with E-state index in [9.17, 15) is 13.9 Å². The first-order valence-electron chi connectivity index (χ1n) is 8.46. The van der Waals surface area contributed by atoms with Crippen LogP contribution in [0.2, 0.25) is 0 Å². The van der Waals surface area contributed by atoms with E-state index in [1.165, 1.54) is 0 Å². The third kappa shape index (κ3) is 3.70. The fraction of sp³-hybridized carbons (Fsp3) is 0.667. The van der Waals surface area contributed by atoms with Gasteiger partial charge in [0.25, 0.3) is 0 Å². The largest absolute Gasteiger partial charge is 0.378 e. The lowest BCUT2D eigenvalue weighted by molar-refractivity contribution is -0.0698. The van der Waals surface area contributed by atoms with Gasteiger partial charge in [0, 0.05) is 24.8 Å². The fourth-order valence-electron chi connectivity index (χ4n) is 4.22. The number of rotatable bonds is 4. The number of halogens is 3. The predicted octanol–water partition coefficient (Wildman–Crippen LogP) is 4.57. The lowest BCUT2D eigenvalue weighted by Gasteiger charge is -2.41. The SMILES string of the molecule is OC1CC[C@@H](C2CCC(F)(F)CC2)N1[C@@H](CCl)c1ccccc1. The Morgan fingerprint density at radius 3 is 2.39 bits per heavy atom. The number of benzene rings is 1. The third-order valence-electron chi connectivity index (χ3n) is 5.44. The van der Waals surface area contributed by atoms with Crippen LogP contribution < -0.4 is 0 Å². The predicted molar refractivity (Wildman–Crippen MR) is 87.7 cm³/mol. The average molecular weight is 344 g/mol. The fourth-order valence-corrected chi connectivity index (χ4v) is 4.56. The van der Waals surface area contributed by atoms with Crippen LogP contribution in [-0.2, 0) is 0 Å². The van der Waals surface area contributed by atoms with E-state index >= 15 is 0 Å². The summed E-state index contributed by atoms with van der Waals surface area (Å²) < 4.78 is 26.9. The van der Waals surface area contributed by atoms with Crippen molar-refractivity contribution in [1.29, 1.82) is 0 Å². The molecule has 1 aliphatic heterocycles. The van der Waals surface area contributed by atoms with Gasteiger partial charge in [-0.05, 0) is 37.2 Å². The molecule has 0 radical (unpaired) electrons. The average Bonchev–Trinajstić information content (AvgIpc) is 2.91. The Morgan fingerprint density at radius 1 is 1.13 bits per heavy atom. The second-order valence-corrected chi connectivity index (χ2v) is 7.16. The van der Waals surface area contributed by atoms with Gasteiger partial charge in [-0.15, -0.1) is 11.6 Å². The maximum atomic E-state index is 13.4. The summed E-state index contributed by atoms with van der Waals surface area (Å²) in [7, 11) is 0. The van der Waals surface area contributed by atoms with Crippen LogP contribution >= 0.6 is 11.6 Å². The van der Waals surface area contributed by atoms with E-state index in [1.807, 2.05) is 30.3 Å². The summed E-state index contributed by atoms with van der Waals surface area (Å²) in [5, 5.41) is 10.5. The molecule has 0 bridgehead atoms. The highest BCUT2D eigenvalue weighted by Crippen LogP contribution is 2.44. The number of hydrogen-bond donors (Lipinski definition) is 1. The maximum Gasteiger partial charge on any atom is 0.248 e. The number of likely N-dealkylation sites (tertiary alicyclic amines) is 1. The highest BCUT2D eigenvalue weighted by molar-refractivity contribution is 6.18. The number of alkyl halides is 3. The van der Waals surface area contributed by atoms with E-state index in [1.54, 1.807) is 0 Å². The van der Waals surface area contributed by atoms with Crippen molar-refractivity contribution in [3.05, 3.63) is 35.9 Å². The number of nitrogens with zero attached hydrogens (tertiary/aromatic N) is 1. The van der Waals surface area contributed by atoms with Gasteiger partial charge in [0.1, 0.15) is 6.23 Å². The molecule has 2 nitrogen and oxygen atoms in total. The van der Waals surface area contributed by atoms with Gasteiger partial charge < -0.3 is 5.11 Å². The van der Waals surface area contributed by atoms with Crippen LogP contribution in [0.4, 0.5) is 8.78 Å². The minimum absolute atomic E-state index is 0.0328. The van der Waals surface area contributed by atoms with Crippen molar-refractivity contribution in [2.75, 3.05) is 5.88 Å². The topological polar surface area (TPSA) is 23.5 Å². The third-order valence-corrected chi connectivity index (χ3v) is 5.74. The Balaban J connectivity index is 1.78. The lowest BCUT2D eigenvalue weighted by atomic mass is 9.81. The van der Waals surface area contributed by atoms with Gasteiger partial charge in [0.05, 0.1) is 6.04 Å². The Bertz CT molecular complexity index is 503. The molecule has 1 aliphatic carbocycles. The van der Waals surface area contributed by atoms with E-state index in [4.69, 9.17) is 11.6 Å². The molecule has 1 unspecified atom stereocenters. The Morgan fingerprint density at radius 2 is 1.78 bits per heavy atom. The van der Waals surface area contributed by atoms with Crippen molar-refractivity contribution in [2.24, 2.45) is 5.92 Å². The Kier molecular flexibility index (Phi) is 5.24. The first kappa shape index (κ1) is 17.1. The maximum absolute atomic E-state index is 13.4. The molecule has 1 saturated carbocycles. The van der Waals surface area contributed by atoms with Crippen LogP contribution in [-0.4, -0.2) is 34.1 Å². The van der Waals surface area contributed by atoms with Crippen molar-refractivity contribution < 1.29 is 13.9 Å². The molecule has 2 fully saturated rings. The van der Waals surface area contributed by atoms with Gasteiger partial charge in [-0.2, -0.15) is 0 Å². The zero-order chi connectivity index (χ0) is 16.4. The molecule has 5 heteroatoms. The molecule has 0 spiro atoms. The lowest BCUT2D eigenvalue weighted by Crippen LogP contribution is -2.45. The van der Waals surface area contributed by atoms with Gasteiger partial charge in [0.15, 0.2) is 0 Å². The van der Waals surface area contributed by atoms with Gasteiger partial charge in [-0.3, -0.25) is 4.90 Å². The Labute approximate surface area is 141 Å². The van der Waals surface area contributed by atoms with Gasteiger partial charge in [-0.1, -0.05) is 30.3 Å². The molecule has 1 heterocycles. The van der Waals surface area contributed by atoms with E-state index in [0.29, 0.717) is 25.1 Å².